The maximum atomic E-state index is 12.6. The van der Waals surface area contributed by atoms with Crippen molar-refractivity contribution in [2.45, 2.75) is 20.0 Å². The number of rotatable bonds is 5. The highest BCUT2D eigenvalue weighted by molar-refractivity contribution is 5.94. The Morgan fingerprint density at radius 3 is 2.50 bits per heavy atom. The number of ether oxygens (including phenoxy) is 1. The number of hydrogen-bond acceptors (Lipinski definition) is 4. The first-order valence-electron chi connectivity index (χ1n) is 7.85. The number of benzene rings is 2. The molecule has 3 rings (SSSR count). The molecule has 1 unspecified atom stereocenters. The van der Waals surface area contributed by atoms with Crippen LogP contribution in [0.2, 0.25) is 0 Å². The molecule has 0 bridgehead atoms. The van der Waals surface area contributed by atoms with Crippen molar-refractivity contribution in [3.05, 3.63) is 54.1 Å². The standard InChI is InChI=1S/C18H20N4O2/c1-12(2)17(22-16-7-5-4-6-15(16)20-21-22)19-18(23)13-8-10-14(24-3)11-9-13/h4-12,17H,1-3H3,(H,19,23). The predicted octanol–water partition coefficient (Wildman–Crippen LogP) is 3.02. The van der Waals surface area contributed by atoms with Gasteiger partial charge in [0.05, 0.1) is 12.6 Å². The van der Waals surface area contributed by atoms with Gasteiger partial charge >= 0.3 is 0 Å². The maximum Gasteiger partial charge on any atom is 0.252 e. The lowest BCUT2D eigenvalue weighted by atomic mass is 10.1. The van der Waals surface area contributed by atoms with Crippen molar-refractivity contribution < 1.29 is 9.53 Å². The number of carbonyl (C=O) groups is 1. The van der Waals surface area contributed by atoms with E-state index in [1.807, 2.05) is 38.1 Å². The van der Waals surface area contributed by atoms with Crippen LogP contribution < -0.4 is 10.1 Å². The Morgan fingerprint density at radius 1 is 1.12 bits per heavy atom. The zero-order valence-electron chi connectivity index (χ0n) is 13.9. The first kappa shape index (κ1) is 16.0. The quantitative estimate of drug-likeness (QED) is 0.783. The molecule has 3 aromatic rings. The number of amides is 1. The summed E-state index contributed by atoms with van der Waals surface area (Å²) < 4.78 is 6.89. The number of hydrogen-bond donors (Lipinski definition) is 1. The molecule has 24 heavy (non-hydrogen) atoms. The lowest BCUT2D eigenvalue weighted by Gasteiger charge is -2.23. The van der Waals surface area contributed by atoms with Crippen LogP contribution in [-0.2, 0) is 0 Å². The van der Waals surface area contributed by atoms with Gasteiger partial charge in [0.2, 0.25) is 0 Å². The summed E-state index contributed by atoms with van der Waals surface area (Å²) in [6.45, 7) is 4.07. The van der Waals surface area contributed by atoms with Crippen LogP contribution in [0, 0.1) is 5.92 Å². The molecule has 0 aliphatic rings. The summed E-state index contributed by atoms with van der Waals surface area (Å²) in [5.74, 6) is 0.711. The topological polar surface area (TPSA) is 69.0 Å². The van der Waals surface area contributed by atoms with E-state index >= 15 is 0 Å². The number of fused-ring (bicyclic) bond motifs is 1. The van der Waals surface area contributed by atoms with Crippen LogP contribution in [0.5, 0.6) is 5.75 Å². The molecule has 0 saturated heterocycles. The first-order valence-corrected chi connectivity index (χ1v) is 7.85. The van der Waals surface area contributed by atoms with Crippen molar-refractivity contribution in [1.29, 1.82) is 0 Å². The maximum absolute atomic E-state index is 12.6. The molecule has 1 amide bonds. The van der Waals surface area contributed by atoms with Gasteiger partial charge in [0.1, 0.15) is 17.4 Å². The number of aromatic nitrogens is 3. The number of nitrogens with one attached hydrogen (secondary N) is 1. The molecule has 0 saturated carbocycles. The molecule has 1 aromatic heterocycles. The van der Waals surface area contributed by atoms with Gasteiger partial charge in [-0.25, -0.2) is 4.68 Å². The van der Waals surface area contributed by atoms with Gasteiger partial charge in [-0.1, -0.05) is 31.2 Å². The number of para-hydroxylation sites is 1. The Morgan fingerprint density at radius 2 is 1.83 bits per heavy atom. The Bertz CT molecular complexity index is 840. The molecule has 1 heterocycles. The average molecular weight is 324 g/mol. The van der Waals surface area contributed by atoms with Crippen molar-refractivity contribution >= 4 is 16.9 Å². The van der Waals surface area contributed by atoms with Crippen LogP contribution in [-0.4, -0.2) is 28.0 Å². The van der Waals surface area contributed by atoms with Gasteiger partial charge in [-0.15, -0.1) is 5.10 Å². The van der Waals surface area contributed by atoms with Crippen molar-refractivity contribution in [2.24, 2.45) is 5.92 Å². The van der Waals surface area contributed by atoms with Crippen molar-refractivity contribution in [1.82, 2.24) is 20.3 Å². The molecular weight excluding hydrogens is 304 g/mol. The van der Waals surface area contributed by atoms with Gasteiger partial charge in [-0.3, -0.25) is 4.79 Å². The summed E-state index contributed by atoms with van der Waals surface area (Å²) in [4.78, 5) is 12.6. The minimum atomic E-state index is -0.285. The summed E-state index contributed by atoms with van der Waals surface area (Å²) in [5.41, 5.74) is 2.28. The normalized spacial score (nSPS) is 12.3. The number of nitrogens with zero attached hydrogens (tertiary/aromatic N) is 3. The summed E-state index contributed by atoms with van der Waals surface area (Å²) in [6.07, 6.45) is -0.285. The summed E-state index contributed by atoms with van der Waals surface area (Å²) in [7, 11) is 1.60. The molecule has 0 radical (unpaired) electrons. The SMILES string of the molecule is COc1ccc(C(=O)NC(C(C)C)n2nnc3ccccc32)cc1. The third-order valence-corrected chi connectivity index (χ3v) is 3.90. The highest BCUT2D eigenvalue weighted by Crippen LogP contribution is 2.20. The van der Waals surface area contributed by atoms with E-state index in [9.17, 15) is 4.79 Å². The smallest absolute Gasteiger partial charge is 0.252 e. The third-order valence-electron chi connectivity index (χ3n) is 3.90. The zero-order chi connectivity index (χ0) is 17.1. The Kier molecular flexibility index (Phi) is 4.46. The fourth-order valence-corrected chi connectivity index (χ4v) is 2.56. The minimum absolute atomic E-state index is 0.150. The van der Waals surface area contributed by atoms with Gasteiger partial charge in [0, 0.05) is 5.56 Å². The lowest BCUT2D eigenvalue weighted by molar-refractivity contribution is 0.0896. The van der Waals surface area contributed by atoms with Crippen LogP contribution in [0.4, 0.5) is 0 Å². The van der Waals surface area contributed by atoms with Crippen molar-refractivity contribution in [2.75, 3.05) is 7.11 Å². The summed E-state index contributed by atoms with van der Waals surface area (Å²) in [6, 6.07) is 14.7. The van der Waals surface area contributed by atoms with Gasteiger partial charge in [-0.05, 0) is 42.3 Å². The number of methoxy groups -OCH3 is 1. The molecule has 0 aliphatic heterocycles. The molecular formula is C18H20N4O2. The second-order valence-electron chi connectivity index (χ2n) is 5.91. The Labute approximate surface area is 140 Å². The molecule has 124 valence electrons. The predicted molar refractivity (Wildman–Crippen MR) is 91.9 cm³/mol. The summed E-state index contributed by atoms with van der Waals surface area (Å²) >= 11 is 0. The fraction of sp³-hybridized carbons (Fsp3) is 0.278. The Balaban J connectivity index is 1.87. The third kappa shape index (κ3) is 3.08. The van der Waals surface area contributed by atoms with Crippen molar-refractivity contribution in [3.8, 4) is 5.75 Å². The van der Waals surface area contributed by atoms with E-state index in [0.29, 0.717) is 11.3 Å². The second-order valence-corrected chi connectivity index (χ2v) is 5.91. The van der Waals surface area contributed by atoms with E-state index in [1.54, 1.807) is 36.1 Å². The molecule has 1 N–H and O–H groups in total. The zero-order valence-corrected chi connectivity index (χ0v) is 13.9. The van der Waals surface area contributed by atoms with E-state index in [4.69, 9.17) is 4.74 Å². The largest absolute Gasteiger partial charge is 0.497 e. The molecule has 2 aromatic carbocycles. The van der Waals surface area contributed by atoms with Gasteiger partial charge < -0.3 is 10.1 Å². The monoisotopic (exact) mass is 324 g/mol. The van der Waals surface area contributed by atoms with E-state index < -0.39 is 0 Å². The molecule has 6 nitrogen and oxygen atoms in total. The van der Waals surface area contributed by atoms with Crippen LogP contribution >= 0.6 is 0 Å². The molecule has 0 aliphatic carbocycles. The van der Waals surface area contributed by atoms with Crippen molar-refractivity contribution in [3.63, 3.8) is 0 Å². The minimum Gasteiger partial charge on any atom is -0.497 e. The number of carbonyl (C=O) groups excluding carboxylic acids is 1. The average Bonchev–Trinajstić information content (AvgIpc) is 3.03. The lowest BCUT2D eigenvalue weighted by Crippen LogP contribution is -2.36. The van der Waals surface area contributed by atoms with Crippen LogP contribution in [0.25, 0.3) is 11.0 Å². The highest BCUT2D eigenvalue weighted by atomic mass is 16.5. The van der Waals surface area contributed by atoms with Gasteiger partial charge in [0.15, 0.2) is 0 Å². The molecule has 1 atom stereocenters. The highest BCUT2D eigenvalue weighted by Gasteiger charge is 2.22. The van der Waals surface area contributed by atoms with Crippen LogP contribution in [0.15, 0.2) is 48.5 Å². The molecule has 6 heteroatoms. The van der Waals surface area contributed by atoms with E-state index in [0.717, 1.165) is 11.0 Å². The first-order chi connectivity index (χ1) is 11.6. The van der Waals surface area contributed by atoms with Gasteiger partial charge in [-0.2, -0.15) is 0 Å². The summed E-state index contributed by atoms with van der Waals surface area (Å²) in [5, 5.41) is 11.4. The van der Waals surface area contributed by atoms with Crippen LogP contribution in [0.1, 0.15) is 30.4 Å². The van der Waals surface area contributed by atoms with E-state index in [1.165, 1.54) is 0 Å². The molecule has 0 fully saturated rings. The Hall–Kier alpha value is -2.89. The fourth-order valence-electron chi connectivity index (χ4n) is 2.56. The van der Waals surface area contributed by atoms with Crippen LogP contribution in [0.3, 0.4) is 0 Å². The molecule has 0 spiro atoms. The van der Waals surface area contributed by atoms with E-state index in [2.05, 4.69) is 15.6 Å². The van der Waals surface area contributed by atoms with E-state index in [-0.39, 0.29) is 18.0 Å². The van der Waals surface area contributed by atoms with Gasteiger partial charge in [0.25, 0.3) is 5.91 Å². The second kappa shape index (κ2) is 6.70.